The molecule has 0 spiro atoms. The molecule has 2 rings (SSSR count). The summed E-state index contributed by atoms with van der Waals surface area (Å²) < 4.78 is 26.8. The Hall–Kier alpha value is -0.0100. The summed E-state index contributed by atoms with van der Waals surface area (Å²) in [7, 11) is -3.59. The molecule has 1 fully saturated rings. The van der Waals surface area contributed by atoms with E-state index in [-0.39, 0.29) is 19.8 Å². The van der Waals surface area contributed by atoms with Crippen molar-refractivity contribution in [2.24, 2.45) is 0 Å². The van der Waals surface area contributed by atoms with Gasteiger partial charge in [0.05, 0.1) is 5.02 Å². The summed E-state index contributed by atoms with van der Waals surface area (Å²) in [5.41, 5.74) is 0. The van der Waals surface area contributed by atoms with Gasteiger partial charge in [0.25, 0.3) is 0 Å². The number of pyridine rings is 1. The van der Waals surface area contributed by atoms with Gasteiger partial charge < -0.3 is 0 Å². The summed E-state index contributed by atoms with van der Waals surface area (Å²) in [5.74, 6) is 1.08. The Morgan fingerprint density at radius 2 is 2.26 bits per heavy atom. The Kier molecular flexibility index (Phi) is 4.67. The van der Waals surface area contributed by atoms with Gasteiger partial charge in [0.15, 0.2) is 0 Å². The highest BCUT2D eigenvalue weighted by Crippen LogP contribution is 2.37. The maximum Gasteiger partial charge on any atom is 0.242 e. The lowest BCUT2D eigenvalue weighted by atomic mass is 10.1. The molecular weight excluding hydrogens is 327 g/mol. The summed E-state index contributed by atoms with van der Waals surface area (Å²) in [4.78, 5) is 3.79. The molecule has 0 aliphatic carbocycles. The highest BCUT2D eigenvalue weighted by molar-refractivity contribution is 8.01. The summed E-state index contributed by atoms with van der Waals surface area (Å²) in [6.45, 7) is 2.47. The maximum atomic E-state index is 12.1. The number of nitrogens with one attached hydrogen (secondary N) is 1. The molecule has 106 valence electrons. The van der Waals surface area contributed by atoms with Gasteiger partial charge in [-0.05, 0) is 31.6 Å². The zero-order valence-corrected chi connectivity index (χ0v) is 13.5. The number of hydrogen-bond donors (Lipinski definition) is 1. The number of hydrogen-bond acceptors (Lipinski definition) is 4. The molecular formula is C11H14Cl2N2O2S2. The van der Waals surface area contributed by atoms with Crippen LogP contribution in [0.1, 0.15) is 19.8 Å². The van der Waals surface area contributed by atoms with Gasteiger partial charge in [-0.25, -0.2) is 18.1 Å². The van der Waals surface area contributed by atoms with E-state index in [1.165, 1.54) is 12.3 Å². The first kappa shape index (κ1) is 15.4. The minimum atomic E-state index is -3.59. The van der Waals surface area contributed by atoms with Crippen LogP contribution in [0, 0.1) is 0 Å². The van der Waals surface area contributed by atoms with E-state index in [0.717, 1.165) is 18.6 Å². The average Bonchev–Trinajstić information content (AvgIpc) is 2.78. The molecule has 4 nitrogen and oxygen atoms in total. The largest absolute Gasteiger partial charge is 0.242 e. The summed E-state index contributed by atoms with van der Waals surface area (Å²) >= 11 is 13.3. The van der Waals surface area contributed by atoms with E-state index in [2.05, 4.69) is 16.6 Å². The second kappa shape index (κ2) is 5.77. The molecule has 1 N–H and O–H groups in total. The first-order chi connectivity index (χ1) is 8.82. The standard InChI is InChI=1S/C11H14Cl2N2O2S2/c1-11(3-2-4-18-11)7-15-19(16,17)8-5-9(12)10(13)14-6-8/h5-6,15H,2-4,7H2,1H3. The van der Waals surface area contributed by atoms with E-state index in [1.54, 1.807) is 11.8 Å². The normalized spacial score (nSPS) is 23.7. The fraction of sp³-hybridized carbons (Fsp3) is 0.545. The van der Waals surface area contributed by atoms with E-state index in [0.29, 0.717) is 6.54 Å². The van der Waals surface area contributed by atoms with Crippen LogP contribution in [0.15, 0.2) is 17.2 Å². The Morgan fingerprint density at radius 3 is 2.84 bits per heavy atom. The third-order valence-corrected chi connectivity index (χ3v) is 6.61. The third-order valence-electron chi connectivity index (χ3n) is 3.02. The molecule has 19 heavy (non-hydrogen) atoms. The van der Waals surface area contributed by atoms with Crippen molar-refractivity contribution in [2.45, 2.75) is 29.4 Å². The van der Waals surface area contributed by atoms with Crippen LogP contribution in [-0.2, 0) is 10.0 Å². The van der Waals surface area contributed by atoms with Crippen LogP contribution in [0.2, 0.25) is 10.2 Å². The molecule has 1 atom stereocenters. The lowest BCUT2D eigenvalue weighted by Crippen LogP contribution is -2.36. The Bertz CT molecular complexity index is 572. The number of sulfonamides is 1. The van der Waals surface area contributed by atoms with Crippen LogP contribution >= 0.6 is 35.0 Å². The predicted molar refractivity (Wildman–Crippen MR) is 79.5 cm³/mol. The molecule has 1 aliphatic rings. The van der Waals surface area contributed by atoms with Crippen LogP contribution < -0.4 is 4.72 Å². The maximum absolute atomic E-state index is 12.1. The summed E-state index contributed by atoms with van der Waals surface area (Å²) in [5, 5.41) is 0.227. The van der Waals surface area contributed by atoms with Gasteiger partial charge in [-0.1, -0.05) is 23.2 Å². The topological polar surface area (TPSA) is 59.1 Å². The third kappa shape index (κ3) is 3.76. The number of nitrogens with zero attached hydrogens (tertiary/aromatic N) is 1. The quantitative estimate of drug-likeness (QED) is 0.856. The van der Waals surface area contributed by atoms with Gasteiger partial charge in [0.1, 0.15) is 10.0 Å². The minimum absolute atomic E-state index is 0.0310. The number of aromatic nitrogens is 1. The predicted octanol–water partition coefficient (Wildman–Crippen LogP) is 2.95. The molecule has 1 unspecified atom stereocenters. The van der Waals surface area contributed by atoms with E-state index in [9.17, 15) is 8.42 Å². The molecule has 0 bridgehead atoms. The van der Waals surface area contributed by atoms with E-state index in [4.69, 9.17) is 23.2 Å². The van der Waals surface area contributed by atoms with E-state index < -0.39 is 10.0 Å². The monoisotopic (exact) mass is 340 g/mol. The first-order valence-electron chi connectivity index (χ1n) is 5.77. The second-order valence-corrected chi connectivity index (χ2v) is 8.88. The molecule has 1 aromatic heterocycles. The molecule has 8 heteroatoms. The van der Waals surface area contributed by atoms with Crippen LogP contribution in [0.25, 0.3) is 0 Å². The van der Waals surface area contributed by atoms with E-state index >= 15 is 0 Å². The Balaban J connectivity index is 2.11. The number of halogens is 2. The molecule has 0 saturated carbocycles. The molecule has 1 aromatic rings. The highest BCUT2D eigenvalue weighted by atomic mass is 35.5. The molecule has 0 amide bonds. The second-order valence-electron chi connectivity index (χ2n) is 4.67. The molecule has 0 radical (unpaired) electrons. The summed E-state index contributed by atoms with van der Waals surface area (Å²) in [6.07, 6.45) is 3.34. The van der Waals surface area contributed by atoms with Crippen LogP contribution in [0.5, 0.6) is 0 Å². The van der Waals surface area contributed by atoms with Crippen LogP contribution in [-0.4, -0.2) is 30.4 Å². The number of thioether (sulfide) groups is 1. The van der Waals surface area contributed by atoms with Gasteiger partial charge in [-0.3, -0.25) is 0 Å². The van der Waals surface area contributed by atoms with Gasteiger partial charge in [0.2, 0.25) is 10.0 Å². The van der Waals surface area contributed by atoms with Crippen molar-refractivity contribution in [3.8, 4) is 0 Å². The average molecular weight is 341 g/mol. The van der Waals surface area contributed by atoms with Crippen molar-refractivity contribution < 1.29 is 8.42 Å². The fourth-order valence-corrected chi connectivity index (χ4v) is 4.67. The smallest absolute Gasteiger partial charge is 0.242 e. The van der Waals surface area contributed by atoms with Crippen LogP contribution in [0.3, 0.4) is 0 Å². The summed E-state index contributed by atoms with van der Waals surface area (Å²) in [6, 6.07) is 1.31. The molecule has 0 aromatic carbocycles. The SMILES string of the molecule is CC1(CNS(=O)(=O)c2cnc(Cl)c(Cl)c2)CCCS1. The van der Waals surface area contributed by atoms with Crippen molar-refractivity contribution >= 4 is 45.0 Å². The van der Waals surface area contributed by atoms with E-state index in [1.807, 2.05) is 0 Å². The van der Waals surface area contributed by atoms with Crippen molar-refractivity contribution in [2.75, 3.05) is 12.3 Å². The Morgan fingerprint density at radius 1 is 1.53 bits per heavy atom. The molecule has 1 saturated heterocycles. The van der Waals surface area contributed by atoms with Gasteiger partial charge in [-0.15, -0.1) is 0 Å². The van der Waals surface area contributed by atoms with Gasteiger partial charge in [-0.2, -0.15) is 11.8 Å². The minimum Gasteiger partial charge on any atom is -0.242 e. The number of rotatable bonds is 4. The molecule has 2 heterocycles. The lowest BCUT2D eigenvalue weighted by molar-refractivity contribution is 0.552. The first-order valence-corrected chi connectivity index (χ1v) is 9.00. The zero-order chi connectivity index (χ0) is 14.1. The lowest BCUT2D eigenvalue weighted by Gasteiger charge is -2.22. The van der Waals surface area contributed by atoms with Crippen molar-refractivity contribution in [3.63, 3.8) is 0 Å². The molecule has 1 aliphatic heterocycles. The van der Waals surface area contributed by atoms with Crippen molar-refractivity contribution in [3.05, 3.63) is 22.4 Å². The highest BCUT2D eigenvalue weighted by Gasteiger charge is 2.31. The van der Waals surface area contributed by atoms with Crippen molar-refractivity contribution in [1.29, 1.82) is 0 Å². The van der Waals surface area contributed by atoms with Gasteiger partial charge in [0, 0.05) is 17.5 Å². The Labute approximate surface area is 127 Å². The van der Waals surface area contributed by atoms with Crippen molar-refractivity contribution in [1.82, 2.24) is 9.71 Å². The fourth-order valence-electron chi connectivity index (χ4n) is 1.86. The zero-order valence-electron chi connectivity index (χ0n) is 10.3. The van der Waals surface area contributed by atoms with Gasteiger partial charge >= 0.3 is 0 Å². The van der Waals surface area contributed by atoms with Crippen LogP contribution in [0.4, 0.5) is 0 Å².